The number of nitrogens with one attached hydrogen (secondary N) is 3. The predicted octanol–water partition coefficient (Wildman–Crippen LogP) is -0.763. The van der Waals surface area contributed by atoms with Crippen LogP contribution >= 0.6 is 0 Å². The van der Waals surface area contributed by atoms with E-state index >= 15 is 0 Å². The summed E-state index contributed by atoms with van der Waals surface area (Å²) in [6, 6.07) is -0.370. The monoisotopic (exact) mass is 213 g/mol. The highest BCUT2D eigenvalue weighted by atomic mass is 16.2. The highest BCUT2D eigenvalue weighted by molar-refractivity contribution is 5.88. The second-order valence-corrected chi connectivity index (χ2v) is 4.20. The van der Waals surface area contributed by atoms with Crippen molar-refractivity contribution < 1.29 is 9.59 Å². The molecule has 0 aromatic rings. The maximum absolute atomic E-state index is 11.4. The third-order valence-electron chi connectivity index (χ3n) is 2.23. The van der Waals surface area contributed by atoms with E-state index in [-0.39, 0.29) is 24.3 Å². The normalized spacial score (nSPS) is 21.3. The second-order valence-electron chi connectivity index (χ2n) is 4.20. The first kappa shape index (κ1) is 12.0. The Hall–Kier alpha value is -1.10. The van der Waals surface area contributed by atoms with Crippen LogP contribution in [0, 0.1) is 5.92 Å². The predicted molar refractivity (Wildman–Crippen MR) is 57.3 cm³/mol. The van der Waals surface area contributed by atoms with Gasteiger partial charge in [-0.05, 0) is 5.92 Å². The molecule has 0 unspecified atom stereocenters. The van der Waals surface area contributed by atoms with Crippen LogP contribution in [0.2, 0.25) is 0 Å². The van der Waals surface area contributed by atoms with Crippen LogP contribution in [0.5, 0.6) is 0 Å². The molecule has 1 rings (SSSR count). The van der Waals surface area contributed by atoms with Crippen LogP contribution in [0.25, 0.3) is 0 Å². The van der Waals surface area contributed by atoms with Gasteiger partial charge in [-0.1, -0.05) is 13.8 Å². The molecule has 0 aromatic heterocycles. The van der Waals surface area contributed by atoms with Crippen LogP contribution in [-0.2, 0) is 9.59 Å². The van der Waals surface area contributed by atoms with Crippen LogP contribution in [0.4, 0.5) is 0 Å². The van der Waals surface area contributed by atoms with Crippen molar-refractivity contribution in [3.05, 3.63) is 0 Å². The average Bonchev–Trinajstić information content (AvgIpc) is 2.18. The number of hydrogen-bond acceptors (Lipinski definition) is 3. The van der Waals surface area contributed by atoms with Crippen molar-refractivity contribution in [2.45, 2.75) is 26.3 Å². The molecule has 0 spiro atoms. The number of carbonyl (C=O) groups excluding carboxylic acids is 2. The molecule has 1 saturated heterocycles. The Balaban J connectivity index is 2.27. The van der Waals surface area contributed by atoms with Crippen molar-refractivity contribution >= 4 is 11.8 Å². The molecule has 5 heteroatoms. The summed E-state index contributed by atoms with van der Waals surface area (Å²) in [6.45, 7) is 6.10. The van der Waals surface area contributed by atoms with Crippen LogP contribution in [0.1, 0.15) is 20.3 Å². The molecular formula is C10H19N3O2. The number of piperazine rings is 1. The minimum Gasteiger partial charge on any atom is -0.356 e. The van der Waals surface area contributed by atoms with Gasteiger partial charge in [0, 0.05) is 19.6 Å². The molecule has 86 valence electrons. The van der Waals surface area contributed by atoms with Crippen LogP contribution < -0.4 is 16.0 Å². The van der Waals surface area contributed by atoms with Gasteiger partial charge in [-0.3, -0.25) is 9.59 Å². The van der Waals surface area contributed by atoms with Crippen molar-refractivity contribution in [3.63, 3.8) is 0 Å². The van der Waals surface area contributed by atoms with Crippen molar-refractivity contribution in [3.8, 4) is 0 Å². The van der Waals surface area contributed by atoms with E-state index in [0.29, 0.717) is 19.0 Å². The molecule has 0 aliphatic carbocycles. The number of rotatable bonds is 4. The Morgan fingerprint density at radius 3 is 2.87 bits per heavy atom. The summed E-state index contributed by atoms with van der Waals surface area (Å²) in [5, 5.41) is 8.53. The Kier molecular flexibility index (Phi) is 4.55. The maximum Gasteiger partial charge on any atom is 0.237 e. The molecule has 1 atom stereocenters. The molecule has 1 aliphatic rings. The van der Waals surface area contributed by atoms with Gasteiger partial charge in [-0.25, -0.2) is 0 Å². The zero-order valence-electron chi connectivity index (χ0n) is 9.30. The smallest absolute Gasteiger partial charge is 0.237 e. The Bertz CT molecular complexity index is 241. The van der Waals surface area contributed by atoms with E-state index < -0.39 is 0 Å². The molecule has 0 bridgehead atoms. The van der Waals surface area contributed by atoms with Gasteiger partial charge in [0.2, 0.25) is 11.8 Å². The fourth-order valence-corrected chi connectivity index (χ4v) is 1.39. The average molecular weight is 213 g/mol. The lowest BCUT2D eigenvalue weighted by atomic mass is 10.1. The molecule has 3 N–H and O–H groups in total. The zero-order chi connectivity index (χ0) is 11.3. The summed E-state index contributed by atoms with van der Waals surface area (Å²) in [4.78, 5) is 22.7. The van der Waals surface area contributed by atoms with Crippen LogP contribution in [0.3, 0.4) is 0 Å². The van der Waals surface area contributed by atoms with Crippen molar-refractivity contribution in [2.75, 3.05) is 19.6 Å². The lowest BCUT2D eigenvalue weighted by Gasteiger charge is -2.23. The summed E-state index contributed by atoms with van der Waals surface area (Å²) in [5.41, 5.74) is 0. The molecular weight excluding hydrogens is 194 g/mol. The highest BCUT2D eigenvalue weighted by Gasteiger charge is 2.23. The van der Waals surface area contributed by atoms with Gasteiger partial charge in [0.15, 0.2) is 0 Å². The second kappa shape index (κ2) is 5.70. The molecule has 5 nitrogen and oxygen atoms in total. The number of amides is 2. The fourth-order valence-electron chi connectivity index (χ4n) is 1.39. The van der Waals surface area contributed by atoms with Gasteiger partial charge in [0.1, 0.15) is 0 Å². The summed E-state index contributed by atoms with van der Waals surface area (Å²) in [5.74, 6) is 0.279. The summed E-state index contributed by atoms with van der Waals surface area (Å²) in [6.07, 6.45) is 0.221. The minimum atomic E-state index is -0.370. The van der Waals surface area contributed by atoms with Crippen molar-refractivity contribution in [2.24, 2.45) is 5.92 Å². The highest BCUT2D eigenvalue weighted by Crippen LogP contribution is 1.96. The molecule has 1 fully saturated rings. The maximum atomic E-state index is 11.4. The quantitative estimate of drug-likeness (QED) is 0.575. The summed E-state index contributed by atoms with van der Waals surface area (Å²) < 4.78 is 0. The number of hydrogen-bond donors (Lipinski definition) is 3. The van der Waals surface area contributed by atoms with Crippen molar-refractivity contribution in [1.29, 1.82) is 0 Å². The van der Waals surface area contributed by atoms with E-state index in [1.165, 1.54) is 0 Å². The molecule has 1 heterocycles. The Labute approximate surface area is 90.0 Å². The first-order chi connectivity index (χ1) is 7.09. The SMILES string of the molecule is CC(C)CNC(=O)C[C@H]1NCCNC1=O. The lowest BCUT2D eigenvalue weighted by molar-refractivity contribution is -0.129. The third-order valence-corrected chi connectivity index (χ3v) is 2.23. The Morgan fingerprint density at radius 1 is 1.53 bits per heavy atom. The standard InChI is InChI=1S/C10H19N3O2/c1-7(2)6-13-9(14)5-8-10(15)12-4-3-11-8/h7-8,11H,3-6H2,1-2H3,(H,12,15)(H,13,14)/t8-/m1/s1. The number of carbonyl (C=O) groups is 2. The molecule has 1 aliphatic heterocycles. The molecule has 2 amide bonds. The lowest BCUT2D eigenvalue weighted by Crippen LogP contribution is -2.54. The van der Waals surface area contributed by atoms with E-state index in [4.69, 9.17) is 0 Å². The van der Waals surface area contributed by atoms with Crippen LogP contribution in [-0.4, -0.2) is 37.5 Å². The molecule has 0 radical (unpaired) electrons. The van der Waals surface area contributed by atoms with Gasteiger partial charge in [0.25, 0.3) is 0 Å². The third kappa shape index (κ3) is 4.29. The topological polar surface area (TPSA) is 70.2 Å². The van der Waals surface area contributed by atoms with Gasteiger partial charge < -0.3 is 16.0 Å². The van der Waals surface area contributed by atoms with Gasteiger partial charge in [-0.15, -0.1) is 0 Å². The zero-order valence-corrected chi connectivity index (χ0v) is 9.30. The summed E-state index contributed by atoms with van der Waals surface area (Å²) >= 11 is 0. The van der Waals surface area contributed by atoms with E-state index in [2.05, 4.69) is 16.0 Å². The Morgan fingerprint density at radius 2 is 2.27 bits per heavy atom. The van der Waals surface area contributed by atoms with E-state index in [1.807, 2.05) is 13.8 Å². The first-order valence-electron chi connectivity index (χ1n) is 5.37. The van der Waals surface area contributed by atoms with Gasteiger partial charge >= 0.3 is 0 Å². The van der Waals surface area contributed by atoms with E-state index in [1.54, 1.807) is 0 Å². The molecule has 0 aromatic carbocycles. The fraction of sp³-hybridized carbons (Fsp3) is 0.800. The van der Waals surface area contributed by atoms with Crippen molar-refractivity contribution in [1.82, 2.24) is 16.0 Å². The minimum absolute atomic E-state index is 0.0711. The van der Waals surface area contributed by atoms with Gasteiger partial charge in [-0.2, -0.15) is 0 Å². The molecule has 15 heavy (non-hydrogen) atoms. The first-order valence-corrected chi connectivity index (χ1v) is 5.37. The molecule has 0 saturated carbocycles. The van der Waals surface area contributed by atoms with Gasteiger partial charge in [0.05, 0.1) is 12.5 Å². The van der Waals surface area contributed by atoms with E-state index in [9.17, 15) is 9.59 Å². The van der Waals surface area contributed by atoms with Crippen LogP contribution in [0.15, 0.2) is 0 Å². The van der Waals surface area contributed by atoms with E-state index in [0.717, 1.165) is 6.54 Å². The largest absolute Gasteiger partial charge is 0.356 e. The summed E-state index contributed by atoms with van der Waals surface area (Å²) in [7, 11) is 0.